The summed E-state index contributed by atoms with van der Waals surface area (Å²) in [7, 11) is 1.59. The molecule has 3 aromatic rings. The van der Waals surface area contributed by atoms with Gasteiger partial charge >= 0.3 is 6.03 Å². The maximum absolute atomic E-state index is 12.7. The highest BCUT2D eigenvalue weighted by Crippen LogP contribution is 2.20. The lowest BCUT2D eigenvalue weighted by Gasteiger charge is -2.35. The van der Waals surface area contributed by atoms with Crippen molar-refractivity contribution < 1.29 is 9.53 Å². The minimum Gasteiger partial charge on any atom is -0.481 e. The van der Waals surface area contributed by atoms with Gasteiger partial charge in [-0.2, -0.15) is 4.98 Å². The van der Waals surface area contributed by atoms with E-state index in [-0.39, 0.29) is 12.1 Å². The number of hydrogen-bond acceptors (Lipinski definition) is 5. The third-order valence-electron chi connectivity index (χ3n) is 5.09. The number of fused-ring (bicyclic) bond motifs is 1. The molecule has 2 aromatic heterocycles. The second kappa shape index (κ2) is 7.75. The fourth-order valence-electron chi connectivity index (χ4n) is 3.41. The van der Waals surface area contributed by atoms with Gasteiger partial charge in [0.25, 0.3) is 0 Å². The van der Waals surface area contributed by atoms with Gasteiger partial charge in [-0.25, -0.2) is 9.78 Å². The molecule has 0 saturated carbocycles. The molecule has 1 atom stereocenters. The first kappa shape index (κ1) is 18.1. The fraction of sp³-hybridized carbons (Fsp3) is 0.350. The van der Waals surface area contributed by atoms with Crippen molar-refractivity contribution in [3.8, 4) is 5.88 Å². The number of aromatic amines is 1. The van der Waals surface area contributed by atoms with Gasteiger partial charge in [-0.05, 0) is 36.1 Å². The van der Waals surface area contributed by atoms with Crippen LogP contribution in [-0.4, -0.2) is 59.2 Å². The van der Waals surface area contributed by atoms with Crippen LogP contribution in [0, 0.1) is 0 Å². The van der Waals surface area contributed by atoms with Crippen molar-refractivity contribution in [2.24, 2.45) is 0 Å². The largest absolute Gasteiger partial charge is 0.481 e. The smallest absolute Gasteiger partial charge is 0.317 e. The fourth-order valence-corrected chi connectivity index (χ4v) is 3.41. The van der Waals surface area contributed by atoms with Crippen LogP contribution in [0.3, 0.4) is 0 Å². The van der Waals surface area contributed by atoms with Crippen molar-refractivity contribution in [3.05, 3.63) is 48.3 Å². The number of amides is 2. The molecule has 3 heterocycles. The third-order valence-corrected chi connectivity index (χ3v) is 5.09. The molecule has 146 valence electrons. The van der Waals surface area contributed by atoms with Gasteiger partial charge in [0.1, 0.15) is 0 Å². The van der Waals surface area contributed by atoms with Gasteiger partial charge in [0.05, 0.1) is 13.2 Å². The predicted octanol–water partition coefficient (Wildman–Crippen LogP) is 2.56. The second-order valence-electron chi connectivity index (χ2n) is 6.87. The van der Waals surface area contributed by atoms with Gasteiger partial charge in [-0.1, -0.05) is 6.07 Å². The molecule has 1 fully saturated rings. The van der Waals surface area contributed by atoms with Crippen molar-refractivity contribution >= 4 is 22.9 Å². The van der Waals surface area contributed by atoms with Crippen LogP contribution in [0.25, 0.3) is 10.9 Å². The summed E-state index contributed by atoms with van der Waals surface area (Å²) in [6.45, 7) is 4.62. The Kier molecular flexibility index (Phi) is 5.01. The molecule has 1 aliphatic rings. The molecular formula is C20H24N6O2. The molecule has 1 aromatic carbocycles. The summed E-state index contributed by atoms with van der Waals surface area (Å²) in [6, 6.07) is 9.84. The first-order valence-corrected chi connectivity index (χ1v) is 9.38. The Balaban J connectivity index is 1.34. The number of aromatic nitrogens is 3. The Bertz CT molecular complexity index is 964. The van der Waals surface area contributed by atoms with Crippen molar-refractivity contribution in [2.75, 3.05) is 38.2 Å². The molecule has 0 unspecified atom stereocenters. The van der Waals surface area contributed by atoms with E-state index in [9.17, 15) is 4.79 Å². The molecule has 0 aliphatic carbocycles. The summed E-state index contributed by atoms with van der Waals surface area (Å²) in [5.74, 6) is 1.17. The predicted molar refractivity (Wildman–Crippen MR) is 108 cm³/mol. The number of methoxy groups -OCH3 is 1. The zero-order chi connectivity index (χ0) is 19.5. The number of ether oxygens (including phenoxy) is 1. The van der Waals surface area contributed by atoms with Crippen LogP contribution in [0.1, 0.15) is 18.5 Å². The van der Waals surface area contributed by atoms with Crippen LogP contribution in [0.4, 0.5) is 10.7 Å². The number of rotatable bonds is 4. The molecular weight excluding hydrogens is 356 g/mol. The highest BCUT2D eigenvalue weighted by molar-refractivity contribution is 5.80. The highest BCUT2D eigenvalue weighted by atomic mass is 16.5. The molecule has 1 saturated heterocycles. The topological polar surface area (TPSA) is 86.4 Å². The number of anilines is 1. The van der Waals surface area contributed by atoms with E-state index in [4.69, 9.17) is 4.74 Å². The Morgan fingerprint density at radius 1 is 1.21 bits per heavy atom. The number of H-pyrrole nitrogens is 1. The van der Waals surface area contributed by atoms with Crippen molar-refractivity contribution in [3.63, 3.8) is 0 Å². The van der Waals surface area contributed by atoms with Gasteiger partial charge in [0, 0.05) is 50.2 Å². The van der Waals surface area contributed by atoms with E-state index < -0.39 is 0 Å². The highest BCUT2D eigenvalue weighted by Gasteiger charge is 2.24. The SMILES string of the molecule is COc1ccnc(N2CCN(C(=O)N[C@@H](C)c3ccc4[nH]ccc4c3)CC2)n1. The van der Waals surface area contributed by atoms with Gasteiger partial charge in [-0.3, -0.25) is 0 Å². The van der Waals surface area contributed by atoms with Crippen molar-refractivity contribution in [2.45, 2.75) is 13.0 Å². The van der Waals surface area contributed by atoms with E-state index in [1.165, 1.54) is 0 Å². The molecule has 8 nitrogen and oxygen atoms in total. The molecule has 2 N–H and O–H groups in total. The number of carbonyl (C=O) groups is 1. The van der Waals surface area contributed by atoms with E-state index >= 15 is 0 Å². The zero-order valence-corrected chi connectivity index (χ0v) is 16.1. The molecule has 0 bridgehead atoms. The quantitative estimate of drug-likeness (QED) is 0.726. The molecule has 1 aliphatic heterocycles. The average molecular weight is 380 g/mol. The van der Waals surface area contributed by atoms with Crippen LogP contribution in [0.15, 0.2) is 42.7 Å². The van der Waals surface area contributed by atoms with E-state index in [1.54, 1.807) is 19.4 Å². The van der Waals surface area contributed by atoms with Crippen molar-refractivity contribution in [1.29, 1.82) is 0 Å². The number of benzene rings is 1. The van der Waals surface area contributed by atoms with Crippen LogP contribution < -0.4 is 15.0 Å². The lowest BCUT2D eigenvalue weighted by atomic mass is 10.1. The Morgan fingerprint density at radius 3 is 2.82 bits per heavy atom. The van der Waals surface area contributed by atoms with E-state index in [2.05, 4.69) is 31.2 Å². The number of piperazine rings is 1. The molecule has 4 rings (SSSR count). The number of urea groups is 1. The van der Waals surface area contributed by atoms with Gasteiger partial charge in [-0.15, -0.1) is 0 Å². The van der Waals surface area contributed by atoms with Gasteiger partial charge in [0.15, 0.2) is 0 Å². The number of hydrogen-bond donors (Lipinski definition) is 2. The maximum Gasteiger partial charge on any atom is 0.317 e. The Hall–Kier alpha value is -3.29. The average Bonchev–Trinajstić information content (AvgIpc) is 3.21. The molecule has 2 amide bonds. The maximum atomic E-state index is 12.7. The van der Waals surface area contributed by atoms with Gasteiger partial charge < -0.3 is 24.8 Å². The van der Waals surface area contributed by atoms with Gasteiger partial charge in [0.2, 0.25) is 11.8 Å². The van der Waals surface area contributed by atoms with E-state index in [0.29, 0.717) is 38.0 Å². The minimum absolute atomic E-state index is 0.0483. The van der Waals surface area contributed by atoms with E-state index in [0.717, 1.165) is 16.5 Å². The van der Waals surface area contributed by atoms with Crippen LogP contribution in [0.5, 0.6) is 5.88 Å². The lowest BCUT2D eigenvalue weighted by Crippen LogP contribution is -2.52. The summed E-state index contributed by atoms with van der Waals surface area (Å²) in [6.07, 6.45) is 3.60. The van der Waals surface area contributed by atoms with Crippen molar-refractivity contribution in [1.82, 2.24) is 25.2 Å². The standard InChI is InChI=1S/C20H24N6O2/c1-14(15-3-4-17-16(13-15)5-7-21-17)23-20(27)26-11-9-25(10-12-26)19-22-8-6-18(24-19)28-2/h3-8,13-14,21H,9-12H2,1-2H3,(H,23,27)/t14-/m0/s1. The lowest BCUT2D eigenvalue weighted by molar-refractivity contribution is 0.191. The zero-order valence-electron chi connectivity index (χ0n) is 16.1. The van der Waals surface area contributed by atoms with Crippen LogP contribution in [0.2, 0.25) is 0 Å². The summed E-state index contributed by atoms with van der Waals surface area (Å²) in [4.78, 5) is 28.4. The molecule has 0 spiro atoms. The van der Waals surface area contributed by atoms with E-state index in [1.807, 2.05) is 36.2 Å². The number of nitrogens with zero attached hydrogens (tertiary/aromatic N) is 4. The molecule has 28 heavy (non-hydrogen) atoms. The monoisotopic (exact) mass is 380 g/mol. The first-order chi connectivity index (χ1) is 13.6. The van der Waals surface area contributed by atoms with Crippen LogP contribution >= 0.6 is 0 Å². The summed E-state index contributed by atoms with van der Waals surface area (Å²) in [5.41, 5.74) is 2.18. The Morgan fingerprint density at radius 2 is 2.04 bits per heavy atom. The minimum atomic E-state index is -0.0634. The summed E-state index contributed by atoms with van der Waals surface area (Å²) >= 11 is 0. The van der Waals surface area contributed by atoms with Crippen LogP contribution in [-0.2, 0) is 0 Å². The number of carbonyl (C=O) groups excluding carboxylic acids is 1. The molecule has 8 heteroatoms. The number of nitrogens with one attached hydrogen (secondary N) is 2. The third kappa shape index (κ3) is 3.71. The Labute approximate surface area is 163 Å². The normalized spacial score (nSPS) is 15.5. The summed E-state index contributed by atoms with van der Waals surface area (Å²) in [5, 5.41) is 4.25. The molecule has 0 radical (unpaired) electrons. The first-order valence-electron chi connectivity index (χ1n) is 9.38. The second-order valence-corrected chi connectivity index (χ2v) is 6.87. The summed E-state index contributed by atoms with van der Waals surface area (Å²) < 4.78 is 5.16.